The SMILES string of the molecule is O=C(O)CCC(NC(=O)c1ccc(C2(C(F)(F)F)N=N2)cc1)C(=O)NCCCOCCCNC(=O)CCCC[C@@H]1SC[C@@H]2NC(=O)N[C@@H]21. The predicted octanol–water partition coefficient (Wildman–Crippen LogP) is 2.59. The van der Waals surface area contributed by atoms with Gasteiger partial charge in [0.15, 0.2) is 0 Å². The second-order valence-electron chi connectivity index (χ2n) is 11.7. The van der Waals surface area contributed by atoms with E-state index in [0.717, 1.165) is 49.3 Å². The maximum absolute atomic E-state index is 13.2. The van der Waals surface area contributed by atoms with Crippen molar-refractivity contribution in [2.75, 3.05) is 32.1 Å². The number of nitrogens with zero attached hydrogens (tertiary/aromatic N) is 2. The highest BCUT2D eigenvalue weighted by Crippen LogP contribution is 2.52. The summed E-state index contributed by atoms with van der Waals surface area (Å²) >= 11 is 1.85. The Kier molecular flexibility index (Phi) is 13.0. The highest BCUT2D eigenvalue weighted by atomic mass is 32.2. The topological polar surface area (TPSA) is 200 Å². The van der Waals surface area contributed by atoms with Crippen LogP contribution in [0.25, 0.3) is 0 Å². The molecule has 0 aromatic heterocycles. The van der Waals surface area contributed by atoms with E-state index in [1.807, 2.05) is 11.8 Å². The van der Waals surface area contributed by atoms with Crippen molar-refractivity contribution in [1.82, 2.24) is 26.6 Å². The number of ether oxygens (including phenoxy) is 1. The molecule has 14 nitrogen and oxygen atoms in total. The van der Waals surface area contributed by atoms with Crippen molar-refractivity contribution in [2.24, 2.45) is 10.2 Å². The second kappa shape index (κ2) is 16.9. The van der Waals surface area contributed by atoms with E-state index in [1.54, 1.807) is 0 Å². The van der Waals surface area contributed by atoms with E-state index in [2.05, 4.69) is 36.8 Å². The van der Waals surface area contributed by atoms with Crippen molar-refractivity contribution in [3.05, 3.63) is 35.4 Å². The second-order valence-corrected chi connectivity index (χ2v) is 13.0. The monoisotopic (exact) mass is 699 g/mol. The molecule has 0 bridgehead atoms. The van der Waals surface area contributed by atoms with Crippen LogP contribution in [0.15, 0.2) is 34.5 Å². The van der Waals surface area contributed by atoms with Crippen LogP contribution in [-0.4, -0.2) is 96.4 Å². The summed E-state index contributed by atoms with van der Waals surface area (Å²) < 4.78 is 45.2. The fourth-order valence-electron chi connectivity index (χ4n) is 5.45. The largest absolute Gasteiger partial charge is 0.481 e. The van der Waals surface area contributed by atoms with Crippen molar-refractivity contribution in [1.29, 1.82) is 0 Å². The number of aliphatic carboxylic acids is 1. The number of carbonyl (C=O) groups is 5. The zero-order valence-electron chi connectivity index (χ0n) is 26.1. The first-order chi connectivity index (χ1) is 22.9. The molecule has 18 heteroatoms. The van der Waals surface area contributed by atoms with Gasteiger partial charge in [-0.05, 0) is 44.2 Å². The summed E-state index contributed by atoms with van der Waals surface area (Å²) in [7, 11) is 0. The number of fused-ring (bicyclic) bond motifs is 1. The lowest BCUT2D eigenvalue weighted by atomic mass is 10.0. The van der Waals surface area contributed by atoms with Crippen molar-refractivity contribution >= 4 is 41.5 Å². The molecule has 1 aromatic carbocycles. The van der Waals surface area contributed by atoms with Crippen LogP contribution in [0.1, 0.15) is 67.3 Å². The third-order valence-electron chi connectivity index (χ3n) is 8.15. The highest BCUT2D eigenvalue weighted by molar-refractivity contribution is 8.00. The van der Waals surface area contributed by atoms with Crippen molar-refractivity contribution in [2.45, 2.75) is 86.6 Å². The minimum absolute atomic E-state index is 0.0212. The first kappa shape index (κ1) is 36.9. The number of unbranched alkanes of at least 4 members (excludes halogenated alkanes) is 1. The molecule has 1 unspecified atom stereocenters. The van der Waals surface area contributed by atoms with Crippen molar-refractivity contribution < 1.29 is 47.0 Å². The molecular formula is C30H40F3N7O7S. The molecule has 0 aliphatic carbocycles. The summed E-state index contributed by atoms with van der Waals surface area (Å²) in [6.45, 7) is 1.39. The lowest BCUT2D eigenvalue weighted by Gasteiger charge is -2.18. The summed E-state index contributed by atoms with van der Waals surface area (Å²) in [5, 5.41) is 29.5. The molecule has 4 atom stereocenters. The predicted molar refractivity (Wildman–Crippen MR) is 167 cm³/mol. The number of benzene rings is 1. The number of urea groups is 1. The Morgan fingerprint density at radius 1 is 1.00 bits per heavy atom. The van der Waals surface area contributed by atoms with Gasteiger partial charge in [-0.2, -0.15) is 24.9 Å². The first-order valence-electron chi connectivity index (χ1n) is 15.8. The Morgan fingerprint density at radius 3 is 2.33 bits per heavy atom. The van der Waals surface area contributed by atoms with Gasteiger partial charge in [-0.3, -0.25) is 19.2 Å². The van der Waals surface area contributed by atoms with Gasteiger partial charge < -0.3 is 36.4 Å². The third kappa shape index (κ3) is 10.3. The van der Waals surface area contributed by atoms with Crippen LogP contribution < -0.4 is 26.6 Å². The quantitative estimate of drug-likeness (QED) is 0.0881. The van der Waals surface area contributed by atoms with E-state index in [0.29, 0.717) is 44.3 Å². The van der Waals surface area contributed by atoms with Gasteiger partial charge in [-0.1, -0.05) is 18.6 Å². The van der Waals surface area contributed by atoms with E-state index in [1.165, 1.54) is 0 Å². The number of hydrogen-bond donors (Lipinski definition) is 6. The van der Waals surface area contributed by atoms with Crippen molar-refractivity contribution in [3.63, 3.8) is 0 Å². The van der Waals surface area contributed by atoms with E-state index < -0.39 is 42.1 Å². The molecule has 3 aliphatic rings. The summed E-state index contributed by atoms with van der Waals surface area (Å²) in [4.78, 5) is 60.1. The Bertz CT molecular complexity index is 1340. The minimum Gasteiger partial charge on any atom is -0.481 e. The van der Waals surface area contributed by atoms with Gasteiger partial charge in [-0.15, -0.1) is 10.2 Å². The third-order valence-corrected chi connectivity index (χ3v) is 9.66. The molecule has 48 heavy (non-hydrogen) atoms. The van der Waals surface area contributed by atoms with Crippen LogP contribution in [0.5, 0.6) is 0 Å². The van der Waals surface area contributed by atoms with Crippen LogP contribution >= 0.6 is 11.8 Å². The molecule has 3 aliphatic heterocycles. The van der Waals surface area contributed by atoms with E-state index >= 15 is 0 Å². The van der Waals surface area contributed by atoms with Gasteiger partial charge in [0.1, 0.15) is 6.04 Å². The molecule has 4 rings (SSSR count). The first-order valence-corrected chi connectivity index (χ1v) is 16.9. The van der Waals surface area contributed by atoms with Crippen LogP contribution in [0.3, 0.4) is 0 Å². The molecule has 2 fully saturated rings. The number of thioether (sulfide) groups is 1. The average Bonchev–Trinajstić information content (AvgIpc) is 3.68. The van der Waals surface area contributed by atoms with Crippen LogP contribution in [-0.2, 0) is 24.8 Å². The van der Waals surface area contributed by atoms with Gasteiger partial charge in [0, 0.05) is 61.3 Å². The fraction of sp³-hybridized carbons (Fsp3) is 0.633. The molecule has 3 heterocycles. The highest BCUT2D eigenvalue weighted by Gasteiger charge is 2.65. The number of carboxylic acids is 1. The van der Waals surface area contributed by atoms with E-state index in [9.17, 15) is 37.1 Å². The molecule has 6 N–H and O–H groups in total. The Labute approximate surface area is 279 Å². The number of rotatable bonds is 20. The lowest BCUT2D eigenvalue weighted by molar-refractivity contribution is -0.166. The number of nitrogens with one attached hydrogen (secondary N) is 5. The molecule has 2 saturated heterocycles. The molecule has 1 aromatic rings. The van der Waals surface area contributed by atoms with Gasteiger partial charge in [0.2, 0.25) is 11.8 Å². The summed E-state index contributed by atoms with van der Waals surface area (Å²) in [5.74, 6) is -1.64. The number of halogens is 3. The van der Waals surface area contributed by atoms with Crippen LogP contribution in [0.4, 0.5) is 18.0 Å². The molecule has 264 valence electrons. The normalized spacial score (nSPS) is 21.1. The Hall–Kier alpha value is -3.93. The summed E-state index contributed by atoms with van der Waals surface area (Å²) in [6.07, 6.45) is -1.18. The Balaban J connectivity index is 1.05. The number of hydrogen-bond acceptors (Lipinski definition) is 9. The lowest BCUT2D eigenvalue weighted by Crippen LogP contribution is -2.47. The van der Waals surface area contributed by atoms with E-state index in [-0.39, 0.29) is 48.1 Å². The molecule has 0 spiro atoms. The molecule has 5 amide bonds. The standard InChI is InChI=1S/C30H40F3N7O7S/c31-30(32,33)29(39-40-29)19-9-7-18(8-10-19)26(44)36-20(11-12-24(42)43)27(45)35-14-4-16-47-15-3-13-34-23(41)6-2-1-5-22-25-21(17-48-22)37-28(46)38-25/h7-10,20-22,25H,1-6,11-17H2,(H,34,41)(H,35,45)(H,36,44)(H,42,43)(H2,37,38,46)/t20?,21-,22-,25-/m0/s1. The fourth-order valence-corrected chi connectivity index (χ4v) is 6.99. The van der Waals surface area contributed by atoms with Gasteiger partial charge in [0.25, 0.3) is 5.91 Å². The smallest absolute Gasteiger partial charge is 0.442 e. The number of amides is 5. The zero-order valence-corrected chi connectivity index (χ0v) is 27.0. The van der Waals surface area contributed by atoms with Crippen LogP contribution in [0.2, 0.25) is 0 Å². The number of alkyl halides is 3. The maximum Gasteiger partial charge on any atom is 0.442 e. The Morgan fingerprint density at radius 2 is 1.69 bits per heavy atom. The molecule has 0 radical (unpaired) electrons. The van der Waals surface area contributed by atoms with Crippen LogP contribution in [0, 0.1) is 0 Å². The minimum atomic E-state index is -4.71. The number of carbonyl (C=O) groups excluding carboxylic acids is 4. The van der Waals surface area contributed by atoms with E-state index in [4.69, 9.17) is 9.84 Å². The molecule has 0 saturated carbocycles. The van der Waals surface area contributed by atoms with Crippen molar-refractivity contribution in [3.8, 4) is 0 Å². The van der Waals surface area contributed by atoms with Gasteiger partial charge in [-0.25, -0.2) is 4.79 Å². The maximum atomic E-state index is 13.2. The number of carboxylic acid groups (broad SMARTS) is 1. The van der Waals surface area contributed by atoms with Gasteiger partial charge >= 0.3 is 23.8 Å². The average molecular weight is 700 g/mol. The summed E-state index contributed by atoms with van der Waals surface area (Å²) in [5.41, 5.74) is -2.90. The summed E-state index contributed by atoms with van der Waals surface area (Å²) in [6, 6.07) is 3.53. The molecular weight excluding hydrogens is 659 g/mol. The van der Waals surface area contributed by atoms with Gasteiger partial charge in [0.05, 0.1) is 12.1 Å². The zero-order chi connectivity index (χ0) is 34.7.